The Bertz CT molecular complexity index is 1060. The van der Waals surface area contributed by atoms with Crippen LogP contribution in [0.4, 0.5) is 24.7 Å². The standard InChI is InChI=1S/C19H16ClF3N4O2/c1-10-16(12-5-8-15(24)14(20)9-12)27(2)26-17(10)25-18(28)11-3-6-13(7-4-11)29-19(21,22)23/h3-9H,24H2,1-2H3,(H,25,26,28). The number of carbonyl (C=O) groups excluding carboxylic acids is 1. The molecule has 6 nitrogen and oxygen atoms in total. The highest BCUT2D eigenvalue weighted by Gasteiger charge is 2.31. The second-order valence-electron chi connectivity index (χ2n) is 6.21. The Morgan fingerprint density at radius 1 is 1.21 bits per heavy atom. The summed E-state index contributed by atoms with van der Waals surface area (Å²) in [6, 6.07) is 9.75. The molecule has 3 rings (SSSR count). The van der Waals surface area contributed by atoms with Gasteiger partial charge in [-0.25, -0.2) is 0 Å². The van der Waals surface area contributed by atoms with Crippen molar-refractivity contribution in [3.05, 3.63) is 58.6 Å². The number of alkyl halides is 3. The summed E-state index contributed by atoms with van der Waals surface area (Å²) in [6.07, 6.45) is -4.80. The number of anilines is 2. The summed E-state index contributed by atoms with van der Waals surface area (Å²) in [5.74, 6) is -0.617. The van der Waals surface area contributed by atoms with Crippen LogP contribution in [0.5, 0.6) is 5.75 Å². The lowest BCUT2D eigenvalue weighted by Crippen LogP contribution is -2.17. The van der Waals surface area contributed by atoms with E-state index in [0.717, 1.165) is 23.4 Å². The number of ether oxygens (including phenoxy) is 1. The molecule has 0 spiro atoms. The molecule has 152 valence electrons. The zero-order valence-electron chi connectivity index (χ0n) is 15.3. The molecule has 0 aliphatic rings. The van der Waals surface area contributed by atoms with E-state index in [1.807, 2.05) is 0 Å². The van der Waals surface area contributed by atoms with Crippen molar-refractivity contribution in [1.29, 1.82) is 0 Å². The maximum Gasteiger partial charge on any atom is 0.573 e. The lowest BCUT2D eigenvalue weighted by atomic mass is 10.1. The third kappa shape index (κ3) is 4.62. The Hall–Kier alpha value is -3.20. The first-order chi connectivity index (χ1) is 13.5. The Labute approximate surface area is 169 Å². The van der Waals surface area contributed by atoms with Crippen molar-refractivity contribution >= 4 is 29.0 Å². The van der Waals surface area contributed by atoms with Crippen molar-refractivity contribution in [3.8, 4) is 17.0 Å². The van der Waals surface area contributed by atoms with E-state index in [4.69, 9.17) is 17.3 Å². The zero-order valence-corrected chi connectivity index (χ0v) is 16.1. The van der Waals surface area contributed by atoms with Gasteiger partial charge < -0.3 is 15.8 Å². The van der Waals surface area contributed by atoms with Crippen molar-refractivity contribution in [1.82, 2.24) is 9.78 Å². The Balaban J connectivity index is 1.82. The number of nitrogens with two attached hydrogens (primary N) is 1. The molecule has 3 N–H and O–H groups in total. The smallest absolute Gasteiger partial charge is 0.406 e. The summed E-state index contributed by atoms with van der Waals surface area (Å²) >= 11 is 6.09. The maximum absolute atomic E-state index is 12.5. The van der Waals surface area contributed by atoms with Gasteiger partial charge in [-0.3, -0.25) is 9.48 Å². The number of hydrogen-bond acceptors (Lipinski definition) is 4. The van der Waals surface area contributed by atoms with Crippen LogP contribution in [0, 0.1) is 6.92 Å². The van der Waals surface area contributed by atoms with Crippen LogP contribution in [-0.2, 0) is 7.05 Å². The number of benzene rings is 2. The van der Waals surface area contributed by atoms with Crippen molar-refractivity contribution in [2.45, 2.75) is 13.3 Å². The SMILES string of the molecule is Cc1c(NC(=O)c2ccc(OC(F)(F)F)cc2)nn(C)c1-c1ccc(N)c(Cl)c1. The molecule has 1 aromatic heterocycles. The number of aryl methyl sites for hydroxylation is 1. The van der Waals surface area contributed by atoms with Crippen LogP contribution >= 0.6 is 11.6 Å². The summed E-state index contributed by atoms with van der Waals surface area (Å²) in [7, 11) is 1.71. The van der Waals surface area contributed by atoms with Crippen LogP contribution in [0.1, 0.15) is 15.9 Å². The fourth-order valence-corrected chi connectivity index (χ4v) is 2.99. The summed E-state index contributed by atoms with van der Waals surface area (Å²) in [6.45, 7) is 1.78. The first kappa shape index (κ1) is 20.5. The maximum atomic E-state index is 12.5. The minimum Gasteiger partial charge on any atom is -0.406 e. The fourth-order valence-electron chi connectivity index (χ4n) is 2.81. The largest absolute Gasteiger partial charge is 0.573 e. The average molecular weight is 425 g/mol. The number of rotatable bonds is 4. The molecule has 0 atom stereocenters. The number of carbonyl (C=O) groups is 1. The summed E-state index contributed by atoms with van der Waals surface area (Å²) < 4.78 is 42.1. The van der Waals surface area contributed by atoms with Gasteiger partial charge in [-0.1, -0.05) is 17.7 Å². The molecule has 0 fully saturated rings. The summed E-state index contributed by atoms with van der Waals surface area (Å²) in [5, 5.41) is 7.36. The van der Waals surface area contributed by atoms with E-state index in [9.17, 15) is 18.0 Å². The lowest BCUT2D eigenvalue weighted by Gasteiger charge is -2.09. The predicted molar refractivity (Wildman–Crippen MR) is 104 cm³/mol. The van der Waals surface area contributed by atoms with E-state index in [-0.39, 0.29) is 5.56 Å². The van der Waals surface area contributed by atoms with Crippen molar-refractivity contribution in [2.24, 2.45) is 7.05 Å². The van der Waals surface area contributed by atoms with Crippen LogP contribution in [-0.4, -0.2) is 22.1 Å². The van der Waals surface area contributed by atoms with Crippen molar-refractivity contribution in [3.63, 3.8) is 0 Å². The molecule has 0 radical (unpaired) electrons. The molecule has 0 aliphatic heterocycles. The molecule has 0 bridgehead atoms. The third-order valence-electron chi connectivity index (χ3n) is 4.14. The molecule has 0 aliphatic carbocycles. The van der Waals surface area contributed by atoms with Crippen LogP contribution < -0.4 is 15.8 Å². The van der Waals surface area contributed by atoms with Gasteiger partial charge >= 0.3 is 6.36 Å². The lowest BCUT2D eigenvalue weighted by molar-refractivity contribution is -0.274. The van der Waals surface area contributed by atoms with Gasteiger partial charge in [0.25, 0.3) is 5.91 Å². The van der Waals surface area contributed by atoms with Gasteiger partial charge in [0.15, 0.2) is 5.82 Å². The number of amides is 1. The molecule has 3 aromatic rings. The van der Waals surface area contributed by atoms with E-state index in [0.29, 0.717) is 22.1 Å². The van der Waals surface area contributed by atoms with Crippen LogP contribution in [0.2, 0.25) is 5.02 Å². The Morgan fingerprint density at radius 3 is 2.45 bits per heavy atom. The molecule has 0 saturated heterocycles. The van der Waals surface area contributed by atoms with Gasteiger partial charge in [0.2, 0.25) is 0 Å². The molecule has 2 aromatic carbocycles. The number of halogens is 4. The van der Waals surface area contributed by atoms with E-state index < -0.39 is 18.0 Å². The molecule has 1 amide bonds. The topological polar surface area (TPSA) is 82.2 Å². The van der Waals surface area contributed by atoms with Gasteiger partial charge in [0.1, 0.15) is 5.75 Å². The first-order valence-corrected chi connectivity index (χ1v) is 8.69. The average Bonchev–Trinajstić information content (AvgIpc) is 2.90. The van der Waals surface area contributed by atoms with Gasteiger partial charge in [-0.15, -0.1) is 13.2 Å². The number of nitrogen functional groups attached to an aromatic ring is 1. The fraction of sp³-hybridized carbons (Fsp3) is 0.158. The number of nitrogens with zero attached hydrogens (tertiary/aromatic N) is 2. The van der Waals surface area contributed by atoms with Crippen LogP contribution in [0.25, 0.3) is 11.3 Å². The molecule has 1 heterocycles. The number of aromatic nitrogens is 2. The second-order valence-corrected chi connectivity index (χ2v) is 6.62. The van der Waals surface area contributed by atoms with E-state index in [1.54, 1.807) is 36.9 Å². The quantitative estimate of drug-likeness (QED) is 0.590. The van der Waals surface area contributed by atoms with E-state index in [2.05, 4.69) is 15.2 Å². The number of nitrogens with one attached hydrogen (secondary N) is 1. The minimum atomic E-state index is -4.80. The normalized spacial score (nSPS) is 11.4. The molecular weight excluding hydrogens is 409 g/mol. The predicted octanol–water partition coefficient (Wildman–Crippen LogP) is 4.78. The zero-order chi connectivity index (χ0) is 21.3. The van der Waals surface area contributed by atoms with Gasteiger partial charge in [0, 0.05) is 23.7 Å². The van der Waals surface area contributed by atoms with E-state index in [1.165, 1.54) is 12.1 Å². The molecule has 0 saturated carbocycles. The summed E-state index contributed by atoms with van der Waals surface area (Å²) in [5.41, 5.74) is 8.54. The molecule has 29 heavy (non-hydrogen) atoms. The van der Waals surface area contributed by atoms with Gasteiger partial charge in [-0.05, 0) is 43.3 Å². The minimum absolute atomic E-state index is 0.154. The van der Waals surface area contributed by atoms with Gasteiger partial charge in [0.05, 0.1) is 16.4 Å². The monoisotopic (exact) mass is 424 g/mol. The third-order valence-corrected chi connectivity index (χ3v) is 4.47. The van der Waals surface area contributed by atoms with Crippen LogP contribution in [0.3, 0.4) is 0 Å². The molecule has 10 heteroatoms. The molecular formula is C19H16ClF3N4O2. The highest BCUT2D eigenvalue weighted by atomic mass is 35.5. The molecule has 0 unspecified atom stereocenters. The van der Waals surface area contributed by atoms with Crippen LogP contribution in [0.15, 0.2) is 42.5 Å². The van der Waals surface area contributed by atoms with Gasteiger partial charge in [-0.2, -0.15) is 5.10 Å². The van der Waals surface area contributed by atoms with E-state index >= 15 is 0 Å². The Kier molecular flexibility index (Phi) is 5.43. The second kappa shape index (κ2) is 7.67. The first-order valence-electron chi connectivity index (χ1n) is 8.31. The Morgan fingerprint density at radius 2 is 1.86 bits per heavy atom. The highest BCUT2D eigenvalue weighted by molar-refractivity contribution is 6.33. The number of hydrogen-bond donors (Lipinski definition) is 2. The highest BCUT2D eigenvalue weighted by Crippen LogP contribution is 2.32. The van der Waals surface area contributed by atoms with Crippen molar-refractivity contribution < 1.29 is 22.7 Å². The summed E-state index contributed by atoms with van der Waals surface area (Å²) in [4.78, 5) is 12.5. The van der Waals surface area contributed by atoms with Crippen molar-refractivity contribution in [2.75, 3.05) is 11.1 Å².